The Bertz CT molecular complexity index is 478. The van der Waals surface area contributed by atoms with Crippen LogP contribution in [0.15, 0.2) is 24.8 Å². The lowest BCUT2D eigenvalue weighted by atomic mass is 9.96. The van der Waals surface area contributed by atoms with Crippen LogP contribution in [0.1, 0.15) is 26.3 Å². The highest BCUT2D eigenvalue weighted by molar-refractivity contribution is 6.13. The highest BCUT2D eigenvalue weighted by Gasteiger charge is 2.19. The summed E-state index contributed by atoms with van der Waals surface area (Å²) in [6, 6.07) is 3.24. The Morgan fingerprint density at radius 3 is 2.53 bits per heavy atom. The molecule has 0 saturated carbocycles. The second kappa shape index (κ2) is 5.30. The van der Waals surface area contributed by atoms with Crippen molar-refractivity contribution in [3.8, 4) is 5.75 Å². The summed E-state index contributed by atoms with van der Waals surface area (Å²) in [5.41, 5.74) is 1.30. The molecular formula is C13H15NO3. The molecule has 0 saturated heterocycles. The second-order valence-corrected chi connectivity index (χ2v) is 3.46. The number of hydrogen-bond acceptors (Lipinski definition) is 3. The molecule has 0 aromatic heterocycles. The lowest BCUT2D eigenvalue weighted by molar-refractivity contribution is 0.0951. The summed E-state index contributed by atoms with van der Waals surface area (Å²) in [4.78, 5) is 23.5. The smallest absolute Gasteiger partial charge is 0.251 e. The fourth-order valence-electron chi connectivity index (χ4n) is 1.66. The third kappa shape index (κ3) is 2.36. The molecule has 0 radical (unpaired) electrons. The standard InChI is InChI=1S/C13H15NO3/c1-5-10(15)12-8(2)11(17-4)7-6-9(12)13(16)14-3/h5-7H,1H2,2-4H3,(H,14,16). The summed E-state index contributed by atoms with van der Waals surface area (Å²) in [7, 11) is 3.04. The molecule has 0 aliphatic heterocycles. The molecule has 0 aliphatic rings. The van der Waals surface area contributed by atoms with E-state index in [1.807, 2.05) is 0 Å². The summed E-state index contributed by atoms with van der Waals surface area (Å²) < 4.78 is 5.13. The molecule has 0 spiro atoms. The largest absolute Gasteiger partial charge is 0.496 e. The fraction of sp³-hybridized carbons (Fsp3) is 0.231. The highest BCUT2D eigenvalue weighted by Crippen LogP contribution is 2.25. The number of allylic oxidation sites excluding steroid dienone is 1. The molecule has 1 aromatic rings. The van der Waals surface area contributed by atoms with Crippen LogP contribution < -0.4 is 10.1 Å². The Kier molecular flexibility index (Phi) is 4.04. The highest BCUT2D eigenvalue weighted by atomic mass is 16.5. The molecule has 1 N–H and O–H groups in total. The van der Waals surface area contributed by atoms with Crippen LogP contribution >= 0.6 is 0 Å². The van der Waals surface area contributed by atoms with Gasteiger partial charge in [-0.05, 0) is 25.1 Å². The molecule has 90 valence electrons. The van der Waals surface area contributed by atoms with Gasteiger partial charge in [0.1, 0.15) is 5.75 Å². The lowest BCUT2D eigenvalue weighted by Crippen LogP contribution is -2.21. The summed E-state index contributed by atoms with van der Waals surface area (Å²) in [5.74, 6) is -0.0243. The molecule has 0 unspecified atom stereocenters. The average Bonchev–Trinajstić information content (AvgIpc) is 2.36. The molecule has 17 heavy (non-hydrogen) atoms. The minimum absolute atomic E-state index is 0.292. The van der Waals surface area contributed by atoms with E-state index >= 15 is 0 Å². The third-order valence-corrected chi connectivity index (χ3v) is 2.54. The summed E-state index contributed by atoms with van der Waals surface area (Å²) in [6.07, 6.45) is 1.19. The maximum Gasteiger partial charge on any atom is 0.251 e. The molecular weight excluding hydrogens is 218 g/mol. The maximum atomic E-state index is 11.8. The Morgan fingerprint density at radius 1 is 1.41 bits per heavy atom. The number of ether oxygens (including phenoxy) is 1. The zero-order valence-corrected chi connectivity index (χ0v) is 10.2. The molecule has 4 heteroatoms. The Labute approximate surface area is 100 Å². The van der Waals surface area contributed by atoms with Crippen molar-refractivity contribution in [3.05, 3.63) is 41.5 Å². The molecule has 1 rings (SSSR count). The molecule has 0 atom stereocenters. The topological polar surface area (TPSA) is 55.4 Å². The van der Waals surface area contributed by atoms with Gasteiger partial charge in [0, 0.05) is 18.2 Å². The molecule has 0 fully saturated rings. The van der Waals surface area contributed by atoms with Crippen LogP contribution in [0.5, 0.6) is 5.75 Å². The van der Waals surface area contributed by atoms with E-state index in [0.717, 1.165) is 0 Å². The number of rotatable bonds is 4. The first-order valence-electron chi connectivity index (χ1n) is 5.13. The van der Waals surface area contributed by atoms with Crippen LogP contribution in [-0.2, 0) is 0 Å². The summed E-state index contributed by atoms with van der Waals surface area (Å²) in [6.45, 7) is 5.18. The van der Waals surface area contributed by atoms with Gasteiger partial charge in [-0.1, -0.05) is 6.58 Å². The van der Waals surface area contributed by atoms with Gasteiger partial charge in [0.25, 0.3) is 5.91 Å². The number of nitrogens with one attached hydrogen (secondary N) is 1. The van der Waals surface area contributed by atoms with Gasteiger partial charge < -0.3 is 10.1 Å². The van der Waals surface area contributed by atoms with Gasteiger partial charge >= 0.3 is 0 Å². The number of carbonyl (C=O) groups excluding carboxylic acids is 2. The quantitative estimate of drug-likeness (QED) is 0.636. The first-order chi connectivity index (χ1) is 8.06. The predicted octanol–water partition coefficient (Wildman–Crippen LogP) is 1.73. The van der Waals surface area contributed by atoms with Crippen LogP contribution in [0, 0.1) is 6.92 Å². The van der Waals surface area contributed by atoms with E-state index in [1.165, 1.54) is 20.2 Å². The van der Waals surface area contributed by atoms with E-state index in [2.05, 4.69) is 11.9 Å². The van der Waals surface area contributed by atoms with E-state index in [0.29, 0.717) is 22.4 Å². The third-order valence-electron chi connectivity index (χ3n) is 2.54. The molecule has 0 heterocycles. The van der Waals surface area contributed by atoms with Crippen molar-refractivity contribution in [3.63, 3.8) is 0 Å². The van der Waals surface area contributed by atoms with Crippen LogP contribution in [0.3, 0.4) is 0 Å². The predicted molar refractivity (Wildman–Crippen MR) is 65.6 cm³/mol. The minimum Gasteiger partial charge on any atom is -0.496 e. The van der Waals surface area contributed by atoms with Crippen LogP contribution in [0.4, 0.5) is 0 Å². The molecule has 1 aromatic carbocycles. The number of carbonyl (C=O) groups is 2. The van der Waals surface area contributed by atoms with Crippen LogP contribution in [0.2, 0.25) is 0 Å². The van der Waals surface area contributed by atoms with Crippen molar-refractivity contribution >= 4 is 11.7 Å². The number of amides is 1. The van der Waals surface area contributed by atoms with Crippen LogP contribution in [-0.4, -0.2) is 25.8 Å². The van der Waals surface area contributed by atoms with E-state index in [4.69, 9.17) is 4.74 Å². The first kappa shape index (κ1) is 13.0. The zero-order chi connectivity index (χ0) is 13.0. The van der Waals surface area contributed by atoms with Gasteiger partial charge in [-0.3, -0.25) is 9.59 Å². The normalized spacial score (nSPS) is 9.59. The maximum absolute atomic E-state index is 11.8. The minimum atomic E-state index is -0.305. The molecule has 0 aliphatic carbocycles. The zero-order valence-electron chi connectivity index (χ0n) is 10.2. The van der Waals surface area contributed by atoms with Crippen molar-refractivity contribution < 1.29 is 14.3 Å². The SMILES string of the molecule is C=CC(=O)c1c(C(=O)NC)ccc(OC)c1C. The Morgan fingerprint density at radius 2 is 2.06 bits per heavy atom. The number of methoxy groups -OCH3 is 1. The van der Waals surface area contributed by atoms with Crippen molar-refractivity contribution in [1.29, 1.82) is 0 Å². The van der Waals surface area contributed by atoms with Crippen molar-refractivity contribution in [2.75, 3.05) is 14.2 Å². The van der Waals surface area contributed by atoms with Crippen molar-refractivity contribution in [1.82, 2.24) is 5.32 Å². The molecule has 4 nitrogen and oxygen atoms in total. The number of hydrogen-bond donors (Lipinski definition) is 1. The van der Waals surface area contributed by atoms with Gasteiger partial charge in [-0.2, -0.15) is 0 Å². The number of ketones is 1. The van der Waals surface area contributed by atoms with E-state index in [-0.39, 0.29) is 11.7 Å². The van der Waals surface area contributed by atoms with E-state index in [1.54, 1.807) is 19.1 Å². The summed E-state index contributed by atoms with van der Waals surface area (Å²) in [5, 5.41) is 2.50. The van der Waals surface area contributed by atoms with Gasteiger partial charge in [0.2, 0.25) is 0 Å². The van der Waals surface area contributed by atoms with Gasteiger partial charge in [0.15, 0.2) is 5.78 Å². The summed E-state index contributed by atoms with van der Waals surface area (Å²) >= 11 is 0. The van der Waals surface area contributed by atoms with Gasteiger partial charge in [-0.25, -0.2) is 0 Å². The molecule has 0 bridgehead atoms. The van der Waals surface area contributed by atoms with Crippen molar-refractivity contribution in [2.24, 2.45) is 0 Å². The van der Waals surface area contributed by atoms with Crippen LogP contribution in [0.25, 0.3) is 0 Å². The van der Waals surface area contributed by atoms with Gasteiger partial charge in [-0.15, -0.1) is 0 Å². The Balaban J connectivity index is 3.51. The lowest BCUT2D eigenvalue weighted by Gasteiger charge is -2.12. The van der Waals surface area contributed by atoms with E-state index < -0.39 is 0 Å². The Hall–Kier alpha value is -2.10. The average molecular weight is 233 g/mol. The fourth-order valence-corrected chi connectivity index (χ4v) is 1.66. The first-order valence-corrected chi connectivity index (χ1v) is 5.13. The second-order valence-electron chi connectivity index (χ2n) is 3.46. The van der Waals surface area contributed by atoms with Crippen molar-refractivity contribution in [2.45, 2.75) is 6.92 Å². The van der Waals surface area contributed by atoms with Gasteiger partial charge in [0.05, 0.1) is 12.7 Å². The van der Waals surface area contributed by atoms with E-state index in [9.17, 15) is 9.59 Å². The monoisotopic (exact) mass is 233 g/mol. The molecule has 1 amide bonds. The number of benzene rings is 1.